The number of halogens is 3. The molecule has 0 saturated carbocycles. The Morgan fingerprint density at radius 2 is 1.48 bits per heavy atom. The van der Waals surface area contributed by atoms with E-state index in [1.807, 2.05) is 0 Å². The minimum atomic E-state index is -4.47. The van der Waals surface area contributed by atoms with Gasteiger partial charge in [0, 0.05) is 6.26 Å². The van der Waals surface area contributed by atoms with Crippen LogP contribution in [0.5, 0.6) is 5.75 Å². The van der Waals surface area contributed by atoms with Crippen molar-refractivity contribution < 1.29 is 26.3 Å². The Kier molecular flexibility index (Phi) is 5.08. The predicted molar refractivity (Wildman–Crippen MR) is 98.2 cm³/mol. The number of allylic oxidation sites excluding steroid dienone is 2. The van der Waals surface area contributed by atoms with Gasteiger partial charge in [0.15, 0.2) is 9.84 Å². The van der Waals surface area contributed by atoms with Gasteiger partial charge in [0.1, 0.15) is 5.75 Å². The third-order valence-corrected chi connectivity index (χ3v) is 5.83. The van der Waals surface area contributed by atoms with E-state index in [4.69, 9.17) is 4.74 Å². The van der Waals surface area contributed by atoms with Crippen LogP contribution in [0.25, 0.3) is 11.1 Å². The molecule has 3 nitrogen and oxygen atoms in total. The van der Waals surface area contributed by atoms with Crippen LogP contribution in [0.1, 0.15) is 36.0 Å². The SMILES string of the molecule is COc1cc(C2=C(c3ccc(S(C)(=O)=O)cc3)CCC2)ccc1C(F)(F)F. The van der Waals surface area contributed by atoms with Crippen LogP contribution in [0, 0.1) is 0 Å². The summed E-state index contributed by atoms with van der Waals surface area (Å²) >= 11 is 0. The molecule has 0 amide bonds. The molecule has 0 fully saturated rings. The van der Waals surface area contributed by atoms with Crippen molar-refractivity contribution in [2.24, 2.45) is 0 Å². The van der Waals surface area contributed by atoms with Crippen LogP contribution < -0.4 is 4.74 Å². The van der Waals surface area contributed by atoms with Crippen molar-refractivity contribution in [3.8, 4) is 5.75 Å². The Balaban J connectivity index is 2.05. The zero-order valence-electron chi connectivity index (χ0n) is 14.9. The normalized spacial score (nSPS) is 15.3. The van der Waals surface area contributed by atoms with E-state index in [1.165, 1.54) is 19.2 Å². The molecule has 2 aromatic carbocycles. The van der Waals surface area contributed by atoms with Gasteiger partial charge < -0.3 is 4.74 Å². The molecular formula is C20H19F3O3S. The lowest BCUT2D eigenvalue weighted by Gasteiger charge is -2.15. The van der Waals surface area contributed by atoms with Gasteiger partial charge in [-0.25, -0.2) is 8.42 Å². The second-order valence-corrected chi connectivity index (χ2v) is 8.54. The van der Waals surface area contributed by atoms with Crippen molar-refractivity contribution >= 4 is 21.0 Å². The molecule has 27 heavy (non-hydrogen) atoms. The Morgan fingerprint density at radius 1 is 0.926 bits per heavy atom. The Morgan fingerprint density at radius 3 is 2.00 bits per heavy atom. The van der Waals surface area contributed by atoms with Gasteiger partial charge in [-0.15, -0.1) is 0 Å². The van der Waals surface area contributed by atoms with Gasteiger partial charge in [0.05, 0.1) is 17.6 Å². The fourth-order valence-corrected chi connectivity index (χ4v) is 4.03. The molecule has 0 N–H and O–H groups in total. The van der Waals surface area contributed by atoms with Crippen molar-refractivity contribution in [1.29, 1.82) is 0 Å². The Bertz CT molecular complexity index is 988. The van der Waals surface area contributed by atoms with E-state index in [1.54, 1.807) is 24.3 Å². The quantitative estimate of drug-likeness (QED) is 0.712. The first-order chi connectivity index (χ1) is 12.6. The number of benzene rings is 2. The summed E-state index contributed by atoms with van der Waals surface area (Å²) in [6, 6.07) is 10.5. The first-order valence-corrected chi connectivity index (χ1v) is 10.3. The zero-order valence-corrected chi connectivity index (χ0v) is 15.7. The lowest BCUT2D eigenvalue weighted by molar-refractivity contribution is -0.138. The molecule has 1 aliphatic rings. The largest absolute Gasteiger partial charge is 0.496 e. The number of hydrogen-bond acceptors (Lipinski definition) is 3. The van der Waals surface area contributed by atoms with E-state index in [-0.39, 0.29) is 10.6 Å². The van der Waals surface area contributed by atoms with Gasteiger partial charge in [-0.1, -0.05) is 18.2 Å². The van der Waals surface area contributed by atoms with Crippen molar-refractivity contribution in [2.45, 2.75) is 30.3 Å². The number of sulfone groups is 1. The minimum absolute atomic E-state index is 0.203. The van der Waals surface area contributed by atoms with Crippen LogP contribution in [0.4, 0.5) is 13.2 Å². The maximum absolute atomic E-state index is 13.1. The molecule has 1 aliphatic carbocycles. The molecule has 2 aromatic rings. The third-order valence-electron chi connectivity index (χ3n) is 4.70. The smallest absolute Gasteiger partial charge is 0.419 e. The van der Waals surface area contributed by atoms with Crippen molar-refractivity contribution in [2.75, 3.05) is 13.4 Å². The molecule has 0 radical (unpaired) electrons. The van der Waals surface area contributed by atoms with Gasteiger partial charge >= 0.3 is 6.18 Å². The third kappa shape index (κ3) is 4.03. The summed E-state index contributed by atoms with van der Waals surface area (Å²) in [5.74, 6) is -0.203. The second-order valence-electron chi connectivity index (χ2n) is 6.52. The van der Waals surface area contributed by atoms with E-state index in [9.17, 15) is 21.6 Å². The molecule has 0 aromatic heterocycles. The van der Waals surface area contributed by atoms with E-state index in [0.717, 1.165) is 48.3 Å². The average Bonchev–Trinajstić information content (AvgIpc) is 3.09. The fraction of sp³-hybridized carbons (Fsp3) is 0.300. The standard InChI is InChI=1S/C20H19F3O3S/c1-26-19-12-14(8-11-18(19)20(21,22)23)17-5-3-4-16(17)13-6-9-15(10-7-13)27(2,24)25/h6-12H,3-5H2,1-2H3. The predicted octanol–water partition coefficient (Wildman–Crippen LogP) is 5.21. The molecule has 0 saturated heterocycles. The van der Waals surface area contributed by atoms with E-state index >= 15 is 0 Å². The Labute approximate surface area is 156 Å². The van der Waals surface area contributed by atoms with Gasteiger partial charge in [-0.05, 0) is 65.8 Å². The summed E-state index contributed by atoms with van der Waals surface area (Å²) in [6.07, 6.45) is -0.897. The maximum atomic E-state index is 13.1. The molecule has 0 bridgehead atoms. The highest BCUT2D eigenvalue weighted by molar-refractivity contribution is 7.90. The molecule has 3 rings (SSSR count). The first kappa shape index (κ1) is 19.5. The van der Waals surface area contributed by atoms with Crippen LogP contribution in [0.2, 0.25) is 0 Å². The summed E-state index contributed by atoms with van der Waals surface area (Å²) in [5, 5.41) is 0. The van der Waals surface area contributed by atoms with Crippen LogP contribution in [-0.2, 0) is 16.0 Å². The van der Waals surface area contributed by atoms with Crippen molar-refractivity contribution in [3.05, 3.63) is 59.2 Å². The Hall–Kier alpha value is -2.28. The van der Waals surface area contributed by atoms with Gasteiger partial charge in [0.2, 0.25) is 0 Å². The van der Waals surface area contributed by atoms with Crippen molar-refractivity contribution in [3.63, 3.8) is 0 Å². The van der Waals surface area contributed by atoms with Gasteiger partial charge in [-0.3, -0.25) is 0 Å². The highest BCUT2D eigenvalue weighted by atomic mass is 32.2. The highest BCUT2D eigenvalue weighted by Crippen LogP contribution is 2.43. The molecule has 0 unspecified atom stereocenters. The van der Waals surface area contributed by atoms with E-state index in [2.05, 4.69) is 0 Å². The first-order valence-electron chi connectivity index (χ1n) is 8.39. The summed E-state index contributed by atoms with van der Waals surface area (Å²) < 4.78 is 67.4. The number of rotatable bonds is 4. The minimum Gasteiger partial charge on any atom is -0.496 e. The summed E-state index contributed by atoms with van der Waals surface area (Å²) in [5.41, 5.74) is 2.77. The lowest BCUT2D eigenvalue weighted by atomic mass is 9.96. The van der Waals surface area contributed by atoms with Crippen LogP contribution in [0.3, 0.4) is 0 Å². The maximum Gasteiger partial charge on any atom is 0.419 e. The number of ether oxygens (including phenoxy) is 1. The van der Waals surface area contributed by atoms with Crippen molar-refractivity contribution in [1.82, 2.24) is 0 Å². The molecule has 7 heteroatoms. The van der Waals surface area contributed by atoms with Gasteiger partial charge in [0.25, 0.3) is 0 Å². The fourth-order valence-electron chi connectivity index (χ4n) is 3.40. The molecule has 0 heterocycles. The summed E-state index contributed by atoms with van der Waals surface area (Å²) in [6.45, 7) is 0. The van der Waals surface area contributed by atoms with Gasteiger partial charge in [-0.2, -0.15) is 13.2 Å². The number of alkyl halides is 3. The summed E-state index contributed by atoms with van der Waals surface area (Å²) in [4.78, 5) is 0.239. The van der Waals surface area contributed by atoms with Crippen LogP contribution in [-0.4, -0.2) is 21.8 Å². The average molecular weight is 396 g/mol. The number of hydrogen-bond donors (Lipinski definition) is 0. The highest BCUT2D eigenvalue weighted by Gasteiger charge is 2.34. The molecule has 0 aliphatic heterocycles. The molecule has 144 valence electrons. The van der Waals surface area contributed by atoms with E-state index < -0.39 is 21.6 Å². The van der Waals surface area contributed by atoms with E-state index in [0.29, 0.717) is 5.56 Å². The lowest BCUT2D eigenvalue weighted by Crippen LogP contribution is -2.07. The topological polar surface area (TPSA) is 43.4 Å². The molecule has 0 atom stereocenters. The van der Waals surface area contributed by atoms with Crippen LogP contribution in [0.15, 0.2) is 47.4 Å². The molecule has 0 spiro atoms. The zero-order chi connectivity index (χ0) is 19.8. The second kappa shape index (κ2) is 7.03. The molecular weight excluding hydrogens is 377 g/mol. The summed E-state index contributed by atoms with van der Waals surface area (Å²) in [7, 11) is -2.05. The van der Waals surface area contributed by atoms with Crippen LogP contribution >= 0.6 is 0 Å². The number of methoxy groups -OCH3 is 1. The monoisotopic (exact) mass is 396 g/mol.